The second-order valence-corrected chi connectivity index (χ2v) is 14.6. The van der Waals surface area contributed by atoms with Crippen molar-refractivity contribution in [1.82, 2.24) is 14.7 Å². The van der Waals surface area contributed by atoms with Crippen LogP contribution in [0.5, 0.6) is 0 Å². The molecule has 3 aromatic rings. The fraction of sp³-hybridized carbons (Fsp3) is 0.333. The number of rotatable bonds is 5. The first-order chi connectivity index (χ1) is 15.2. The van der Waals surface area contributed by atoms with E-state index in [1.807, 2.05) is 9.58 Å². The Kier molecular flexibility index (Phi) is 6.77. The number of nitrogens with zero attached hydrogens (tertiary/aromatic N) is 3. The SMILES string of the molecule is C=CC(=O)N1Cc2sc(C)cc2C(c2ccccc2-c2cn(CC)nc2C(P)(P)P)C1C. The maximum Gasteiger partial charge on any atom is 0.246 e. The van der Waals surface area contributed by atoms with Crippen molar-refractivity contribution in [3.05, 3.63) is 75.8 Å². The van der Waals surface area contributed by atoms with Crippen LogP contribution in [0.15, 0.2) is 49.2 Å². The summed E-state index contributed by atoms with van der Waals surface area (Å²) >= 11 is 1.78. The Morgan fingerprint density at radius 2 is 2.00 bits per heavy atom. The van der Waals surface area contributed by atoms with Crippen LogP contribution in [0.3, 0.4) is 0 Å². The first kappa shape index (κ1) is 23.8. The number of hydrogen-bond acceptors (Lipinski definition) is 3. The molecule has 0 radical (unpaired) electrons. The zero-order chi connectivity index (χ0) is 23.2. The zero-order valence-electron chi connectivity index (χ0n) is 18.7. The van der Waals surface area contributed by atoms with Gasteiger partial charge in [0.25, 0.3) is 0 Å². The van der Waals surface area contributed by atoms with Crippen LogP contribution < -0.4 is 0 Å². The summed E-state index contributed by atoms with van der Waals surface area (Å²) in [6.45, 7) is 11.6. The number of aryl methyl sites for hydroxylation is 2. The molecule has 8 heteroatoms. The molecule has 1 amide bonds. The van der Waals surface area contributed by atoms with E-state index in [1.165, 1.54) is 32.5 Å². The Labute approximate surface area is 201 Å². The van der Waals surface area contributed by atoms with Gasteiger partial charge in [0, 0.05) is 40.0 Å². The van der Waals surface area contributed by atoms with Crippen molar-refractivity contribution in [2.45, 2.75) is 50.5 Å². The third kappa shape index (κ3) is 4.26. The Morgan fingerprint density at radius 3 is 2.66 bits per heavy atom. The van der Waals surface area contributed by atoms with Gasteiger partial charge in [-0.25, -0.2) is 0 Å². The smallest absolute Gasteiger partial charge is 0.246 e. The van der Waals surface area contributed by atoms with Crippen molar-refractivity contribution in [3.63, 3.8) is 0 Å². The lowest BCUT2D eigenvalue weighted by molar-refractivity contribution is -0.129. The lowest BCUT2D eigenvalue weighted by atomic mass is 9.79. The van der Waals surface area contributed by atoms with Gasteiger partial charge in [0.2, 0.25) is 5.91 Å². The second kappa shape index (κ2) is 9.11. The van der Waals surface area contributed by atoms with Gasteiger partial charge in [-0.15, -0.1) is 39.1 Å². The lowest BCUT2D eigenvalue weighted by Crippen LogP contribution is -2.44. The molecule has 1 aliphatic rings. The van der Waals surface area contributed by atoms with Gasteiger partial charge in [-0.2, -0.15) is 5.10 Å². The molecule has 5 atom stereocenters. The molecule has 32 heavy (non-hydrogen) atoms. The van der Waals surface area contributed by atoms with Crippen LogP contribution in [0.1, 0.15) is 46.3 Å². The lowest BCUT2D eigenvalue weighted by Gasteiger charge is -2.40. The number of carbonyl (C=O) groups excluding carboxylic acids is 1. The van der Waals surface area contributed by atoms with E-state index in [9.17, 15) is 4.79 Å². The number of thiophene rings is 1. The van der Waals surface area contributed by atoms with Crippen LogP contribution in [0.4, 0.5) is 0 Å². The van der Waals surface area contributed by atoms with E-state index in [0.717, 1.165) is 17.8 Å². The molecule has 4 nitrogen and oxygen atoms in total. The van der Waals surface area contributed by atoms with Crippen LogP contribution in [0.2, 0.25) is 0 Å². The van der Waals surface area contributed by atoms with Crippen molar-refractivity contribution in [2.75, 3.05) is 0 Å². The van der Waals surface area contributed by atoms with E-state index in [-0.39, 0.29) is 22.5 Å². The van der Waals surface area contributed by atoms with Crippen LogP contribution in [-0.2, 0) is 22.5 Å². The summed E-state index contributed by atoms with van der Waals surface area (Å²) in [4.78, 5) is 17.2. The highest BCUT2D eigenvalue weighted by atomic mass is 32.1. The summed E-state index contributed by atoms with van der Waals surface area (Å²) in [5, 5.41) is 4.86. The van der Waals surface area contributed by atoms with Gasteiger partial charge in [0.1, 0.15) is 0 Å². The van der Waals surface area contributed by atoms with Gasteiger partial charge in [-0.05, 0) is 49.6 Å². The van der Waals surface area contributed by atoms with E-state index < -0.39 is 0 Å². The second-order valence-electron chi connectivity index (χ2n) is 8.39. The first-order valence-corrected chi connectivity index (χ1v) is 13.3. The molecule has 1 aromatic carbocycles. The number of benzene rings is 1. The van der Waals surface area contributed by atoms with Crippen LogP contribution in [0, 0.1) is 6.92 Å². The minimum Gasteiger partial charge on any atom is -0.330 e. The van der Waals surface area contributed by atoms with Gasteiger partial charge >= 0.3 is 0 Å². The first-order valence-electron chi connectivity index (χ1n) is 10.7. The van der Waals surface area contributed by atoms with Crippen molar-refractivity contribution in [3.8, 4) is 11.1 Å². The quantitative estimate of drug-likeness (QED) is 0.331. The van der Waals surface area contributed by atoms with Crippen LogP contribution in [0.25, 0.3) is 11.1 Å². The molecule has 4 rings (SSSR count). The Hall–Kier alpha value is -1.37. The van der Waals surface area contributed by atoms with Crippen LogP contribution in [-0.4, -0.2) is 26.6 Å². The number of carbonyl (C=O) groups is 1. The molecule has 0 bridgehead atoms. The Bertz CT molecular complexity index is 1180. The Balaban J connectivity index is 1.94. The predicted molar refractivity (Wildman–Crippen MR) is 145 cm³/mol. The van der Waals surface area contributed by atoms with Crippen LogP contribution >= 0.6 is 39.1 Å². The summed E-state index contributed by atoms with van der Waals surface area (Å²) < 4.78 is 1.67. The van der Waals surface area contributed by atoms with Crippen molar-refractivity contribution in [1.29, 1.82) is 0 Å². The molecule has 2 aromatic heterocycles. The molecule has 0 fully saturated rings. The highest BCUT2D eigenvalue weighted by molar-refractivity contribution is 7.56. The minimum absolute atomic E-state index is 0.0144. The number of aromatic nitrogens is 2. The standard InChI is InChI=1S/C24H30N3OP3S/c1-5-21(28)27-13-20-18(11-14(3)32-20)22(15(27)4)17-10-8-7-9-16(17)19-12-26(6-2)25-23(19)24(29,30)31/h5,7-12,15,22H,1,6,13,29-31H2,2-4H3. The van der Waals surface area contributed by atoms with Gasteiger partial charge < -0.3 is 4.90 Å². The van der Waals surface area contributed by atoms with Crippen molar-refractivity contribution >= 4 is 45.0 Å². The largest absolute Gasteiger partial charge is 0.330 e. The summed E-state index contributed by atoms with van der Waals surface area (Å²) in [6.07, 6.45) is 3.57. The molecule has 0 aliphatic carbocycles. The molecule has 1 aliphatic heterocycles. The number of amides is 1. The summed E-state index contributed by atoms with van der Waals surface area (Å²) in [6, 6.07) is 10.9. The summed E-state index contributed by atoms with van der Waals surface area (Å²) in [5.74, 6) is 0.0598. The molecule has 0 saturated heterocycles. The average molecular weight is 502 g/mol. The maximum atomic E-state index is 12.7. The van der Waals surface area contributed by atoms with E-state index in [0.29, 0.717) is 6.54 Å². The monoisotopic (exact) mass is 501 g/mol. The van der Waals surface area contributed by atoms with Crippen molar-refractivity contribution < 1.29 is 4.79 Å². The van der Waals surface area contributed by atoms with Gasteiger partial charge in [-0.1, -0.05) is 30.8 Å². The summed E-state index contributed by atoms with van der Waals surface area (Å²) in [5.41, 5.74) is 5.84. The predicted octanol–water partition coefficient (Wildman–Crippen LogP) is 5.72. The summed E-state index contributed by atoms with van der Waals surface area (Å²) in [7, 11) is 8.59. The average Bonchev–Trinajstić information content (AvgIpc) is 3.35. The molecule has 0 saturated carbocycles. The third-order valence-electron chi connectivity index (χ3n) is 6.13. The molecular weight excluding hydrogens is 471 g/mol. The molecule has 0 spiro atoms. The molecule has 3 heterocycles. The van der Waals surface area contributed by atoms with Crippen molar-refractivity contribution in [2.24, 2.45) is 0 Å². The van der Waals surface area contributed by atoms with Gasteiger partial charge in [-0.3, -0.25) is 9.48 Å². The van der Waals surface area contributed by atoms with E-state index >= 15 is 0 Å². The van der Waals surface area contributed by atoms with Gasteiger partial charge in [0.05, 0.1) is 16.9 Å². The van der Waals surface area contributed by atoms with E-state index in [4.69, 9.17) is 5.10 Å². The molecular formula is C24H30N3OP3S. The zero-order valence-corrected chi connectivity index (χ0v) is 23.0. The topological polar surface area (TPSA) is 38.1 Å². The molecule has 5 unspecified atom stereocenters. The molecule has 168 valence electrons. The highest BCUT2D eigenvalue weighted by Crippen LogP contribution is 2.50. The van der Waals surface area contributed by atoms with E-state index in [1.54, 1.807) is 11.3 Å². The Morgan fingerprint density at radius 1 is 1.28 bits per heavy atom. The maximum absolute atomic E-state index is 12.7. The van der Waals surface area contributed by atoms with Gasteiger partial charge in [0.15, 0.2) is 0 Å². The molecule has 0 N–H and O–H groups in total. The normalized spacial score (nSPS) is 18.5. The fourth-order valence-electron chi connectivity index (χ4n) is 4.64. The minimum atomic E-state index is -0.323. The van der Waals surface area contributed by atoms with E-state index in [2.05, 4.69) is 91.6 Å². The fourth-order valence-corrected chi connectivity index (χ4v) is 6.37. The highest BCUT2D eigenvalue weighted by Gasteiger charge is 2.38. The number of hydrogen-bond donors (Lipinski definition) is 0. The third-order valence-corrected chi connectivity index (χ3v) is 8.00. The number of fused-ring (bicyclic) bond motifs is 1.